The Labute approximate surface area is 238 Å². The Morgan fingerprint density at radius 1 is 1.13 bits per heavy atom. The molecule has 1 fully saturated rings. The van der Waals surface area contributed by atoms with Gasteiger partial charge in [0.05, 0.1) is 35.0 Å². The molecule has 1 N–H and O–H groups in total. The summed E-state index contributed by atoms with van der Waals surface area (Å²) in [5.41, 5.74) is 0.972. The number of anilines is 1. The van der Waals surface area contributed by atoms with Crippen LogP contribution in [0.3, 0.4) is 0 Å². The zero-order valence-electron chi connectivity index (χ0n) is 24.1. The topological polar surface area (TPSA) is 70.8 Å². The first-order valence-electron chi connectivity index (χ1n) is 14.9. The maximum absolute atomic E-state index is 10.5. The van der Waals surface area contributed by atoms with Crippen molar-refractivity contribution in [3.63, 3.8) is 0 Å². The molecule has 4 unspecified atom stereocenters. The fraction of sp³-hybridized carbons (Fsp3) is 0.710. The number of nitrogens with zero attached hydrogens (tertiary/aromatic N) is 4. The van der Waals surface area contributed by atoms with Gasteiger partial charge in [-0.05, 0) is 60.5 Å². The van der Waals surface area contributed by atoms with Gasteiger partial charge in [-0.2, -0.15) is 9.97 Å². The van der Waals surface area contributed by atoms with Crippen LogP contribution >= 0.6 is 15.9 Å². The second-order valence-corrected chi connectivity index (χ2v) is 12.9. The minimum atomic E-state index is -0.350. The summed E-state index contributed by atoms with van der Waals surface area (Å²) in [5, 5.41) is 13.6. The average molecular weight is 590 g/mol. The second kappa shape index (κ2) is 13.1. The average Bonchev–Trinajstić information content (AvgIpc) is 2.89. The van der Waals surface area contributed by atoms with Crippen molar-refractivity contribution in [3.8, 4) is 6.01 Å². The molecule has 0 saturated carbocycles. The van der Waals surface area contributed by atoms with Gasteiger partial charge in [0.2, 0.25) is 0 Å². The van der Waals surface area contributed by atoms with Crippen LogP contribution in [-0.4, -0.2) is 46.9 Å². The first-order valence-corrected chi connectivity index (χ1v) is 15.7. The fourth-order valence-corrected chi connectivity index (χ4v) is 6.32. The number of benzene rings is 1. The van der Waals surface area contributed by atoms with Crippen LogP contribution in [0.1, 0.15) is 100 Å². The van der Waals surface area contributed by atoms with Gasteiger partial charge in [-0.1, -0.05) is 72.3 Å². The number of piperidine rings is 1. The minimum absolute atomic E-state index is 0. The van der Waals surface area contributed by atoms with Crippen LogP contribution in [0, 0.1) is 11.3 Å². The van der Waals surface area contributed by atoms with E-state index in [4.69, 9.17) is 19.7 Å². The van der Waals surface area contributed by atoms with Crippen molar-refractivity contribution in [2.75, 3.05) is 24.6 Å². The Morgan fingerprint density at radius 2 is 1.89 bits per heavy atom. The zero-order chi connectivity index (χ0) is 27.3. The van der Waals surface area contributed by atoms with E-state index in [-0.39, 0.29) is 19.0 Å². The van der Waals surface area contributed by atoms with Crippen LogP contribution in [0.25, 0.3) is 17.0 Å². The molecule has 0 spiro atoms. The zero-order valence-corrected chi connectivity index (χ0v) is 25.7. The van der Waals surface area contributed by atoms with Crippen LogP contribution in [0.2, 0.25) is 0 Å². The number of fused-ring (bicyclic) bond motifs is 3. The normalized spacial score (nSPS) is 22.9. The maximum Gasteiger partial charge on any atom is 0.318 e. The lowest BCUT2D eigenvalue weighted by molar-refractivity contribution is 0.126. The van der Waals surface area contributed by atoms with E-state index in [1.54, 1.807) is 0 Å². The third-order valence-electron chi connectivity index (χ3n) is 8.45. The summed E-state index contributed by atoms with van der Waals surface area (Å²) in [6, 6.07) is 2.72. The van der Waals surface area contributed by atoms with Gasteiger partial charge >= 0.3 is 6.01 Å². The first kappa shape index (κ1) is 29.3. The molecule has 0 aliphatic carbocycles. The molecule has 1 aromatic heterocycles. The second-order valence-electron chi connectivity index (χ2n) is 12.0. The molecule has 38 heavy (non-hydrogen) atoms. The maximum atomic E-state index is 10.5. The molecule has 1 saturated heterocycles. The number of unbranched alkanes of at least 4 members (excludes halogenated alkanes) is 4. The lowest BCUT2D eigenvalue weighted by Crippen LogP contribution is -2.41. The van der Waals surface area contributed by atoms with Crippen molar-refractivity contribution in [1.82, 2.24) is 9.97 Å². The molecule has 6 nitrogen and oxygen atoms in total. The van der Waals surface area contributed by atoms with Crippen molar-refractivity contribution < 1.29 is 11.3 Å². The van der Waals surface area contributed by atoms with E-state index in [9.17, 15) is 5.11 Å². The molecule has 0 radical (unpaired) electrons. The standard InChI is InChI=1S/C31H47BrN4O2.H2/c1-6-8-10-11-15-31(5,14-9-7-2)20-38-30-34-26-18-25(32)28-24(17-21(3)22(4)33-28)27(26)29(35-30)36-16-12-13-23(37)19-36;/h17-18,21-23,37H,6-16,19-20H2,1-5H3;1H. The number of ether oxygens (including phenoxy) is 1. The number of aliphatic hydroxyl groups excluding tert-OH is 1. The van der Waals surface area contributed by atoms with Crippen LogP contribution in [-0.2, 0) is 0 Å². The predicted octanol–water partition coefficient (Wildman–Crippen LogP) is 6.58. The van der Waals surface area contributed by atoms with Crippen molar-refractivity contribution in [2.24, 2.45) is 16.3 Å². The number of rotatable bonds is 12. The van der Waals surface area contributed by atoms with E-state index in [0.717, 1.165) is 64.0 Å². The molecule has 0 bridgehead atoms. The van der Waals surface area contributed by atoms with Crippen molar-refractivity contribution in [1.29, 1.82) is 0 Å². The van der Waals surface area contributed by atoms with Gasteiger partial charge in [0.1, 0.15) is 5.82 Å². The number of halogens is 1. The summed E-state index contributed by atoms with van der Waals surface area (Å²) < 4.78 is 7.41. The van der Waals surface area contributed by atoms with Gasteiger partial charge in [0, 0.05) is 29.6 Å². The molecule has 1 aromatic carbocycles. The van der Waals surface area contributed by atoms with Gasteiger partial charge < -0.3 is 14.7 Å². The first-order chi connectivity index (χ1) is 18.2. The van der Waals surface area contributed by atoms with Crippen molar-refractivity contribution >= 4 is 38.7 Å². The Bertz CT molecular complexity index is 1230. The molecule has 3 heterocycles. The van der Waals surface area contributed by atoms with E-state index in [0.29, 0.717) is 25.1 Å². The van der Waals surface area contributed by atoms with Crippen molar-refractivity contribution in [3.05, 3.63) is 21.1 Å². The van der Waals surface area contributed by atoms with Crippen LogP contribution in [0.5, 0.6) is 6.01 Å². The molecule has 2 aliphatic heterocycles. The molecule has 2 aromatic rings. The van der Waals surface area contributed by atoms with E-state index in [1.807, 2.05) is 0 Å². The number of aromatic nitrogens is 2. The molecule has 2 aliphatic rings. The smallest absolute Gasteiger partial charge is 0.318 e. The van der Waals surface area contributed by atoms with E-state index >= 15 is 0 Å². The highest BCUT2D eigenvalue weighted by Crippen LogP contribution is 2.33. The highest BCUT2D eigenvalue weighted by atomic mass is 79.9. The minimum Gasteiger partial charge on any atom is -0.463 e. The van der Waals surface area contributed by atoms with Crippen LogP contribution < -0.4 is 20.2 Å². The molecular formula is C31H49BrN4O2. The predicted molar refractivity (Wildman–Crippen MR) is 163 cm³/mol. The Morgan fingerprint density at radius 3 is 2.63 bits per heavy atom. The Kier molecular flexibility index (Phi) is 10.1. The SMILES string of the molecule is CCCCCCC(C)(CCCC)COc1nc(N2CCCC(O)C2)c2c3c(c(Br)cc2n1)=NC(C)C(C)C=3.[HH]. The quantitative estimate of drug-likeness (QED) is 0.283. The monoisotopic (exact) mass is 588 g/mol. The molecule has 7 heteroatoms. The van der Waals surface area contributed by atoms with Crippen LogP contribution in [0.15, 0.2) is 15.5 Å². The van der Waals surface area contributed by atoms with Gasteiger partial charge in [-0.25, -0.2) is 0 Å². The fourth-order valence-electron chi connectivity index (χ4n) is 5.79. The highest BCUT2D eigenvalue weighted by molar-refractivity contribution is 9.10. The highest BCUT2D eigenvalue weighted by Gasteiger charge is 2.28. The number of β-amino-alcohol motifs (C(OH)–C–C–N with tert-alkyl or cyclic N) is 1. The molecule has 0 amide bonds. The summed E-state index contributed by atoms with van der Waals surface area (Å²) in [7, 11) is 0. The number of aliphatic hydroxyl groups is 1. The van der Waals surface area contributed by atoms with E-state index in [1.165, 1.54) is 38.5 Å². The third-order valence-corrected chi connectivity index (χ3v) is 9.05. The molecular weight excluding hydrogens is 540 g/mol. The van der Waals surface area contributed by atoms with Gasteiger partial charge in [0.15, 0.2) is 0 Å². The third kappa shape index (κ3) is 6.88. The lowest BCUT2D eigenvalue weighted by atomic mass is 9.81. The molecule has 4 rings (SSSR count). The number of hydrogen-bond donors (Lipinski definition) is 1. The number of hydrogen-bond acceptors (Lipinski definition) is 6. The summed E-state index contributed by atoms with van der Waals surface area (Å²) in [5.74, 6) is 1.18. The van der Waals surface area contributed by atoms with Gasteiger partial charge in [0.25, 0.3) is 0 Å². The van der Waals surface area contributed by atoms with Gasteiger partial charge in [-0.3, -0.25) is 4.99 Å². The van der Waals surface area contributed by atoms with Crippen LogP contribution in [0.4, 0.5) is 5.82 Å². The largest absolute Gasteiger partial charge is 0.463 e. The van der Waals surface area contributed by atoms with Crippen molar-refractivity contribution in [2.45, 2.75) is 111 Å². The van der Waals surface area contributed by atoms with E-state index in [2.05, 4.69) is 67.6 Å². The summed E-state index contributed by atoms with van der Waals surface area (Å²) in [6.45, 7) is 13.3. The van der Waals surface area contributed by atoms with E-state index < -0.39 is 0 Å². The summed E-state index contributed by atoms with van der Waals surface area (Å²) in [6.07, 6.45) is 13.5. The van der Waals surface area contributed by atoms with Gasteiger partial charge in [-0.15, -0.1) is 0 Å². The summed E-state index contributed by atoms with van der Waals surface area (Å²) >= 11 is 3.78. The Balaban J connectivity index is 0.00000420. The summed E-state index contributed by atoms with van der Waals surface area (Å²) in [4.78, 5) is 17.2. The Hall–Kier alpha value is -1.73. The molecule has 4 atom stereocenters. The lowest BCUT2D eigenvalue weighted by Gasteiger charge is -2.32. The molecule has 212 valence electrons.